The Bertz CT molecular complexity index is 684. The minimum absolute atomic E-state index is 0.00878. The number of benzene rings is 2. The Balaban J connectivity index is 2.35. The van der Waals surface area contributed by atoms with Crippen molar-refractivity contribution in [2.24, 2.45) is 0 Å². The van der Waals surface area contributed by atoms with Crippen LogP contribution in [0.4, 0.5) is 20.2 Å². The van der Waals surface area contributed by atoms with Crippen LogP contribution in [0.1, 0.15) is 21.5 Å². The molecule has 0 saturated heterocycles. The third kappa shape index (κ3) is 2.77. The Kier molecular flexibility index (Phi) is 3.70. The minimum Gasteiger partial charge on any atom is -0.399 e. The van der Waals surface area contributed by atoms with Crippen LogP contribution in [0.25, 0.3) is 0 Å². The van der Waals surface area contributed by atoms with Crippen LogP contribution in [0.15, 0.2) is 30.3 Å². The van der Waals surface area contributed by atoms with Crippen molar-refractivity contribution in [2.45, 2.75) is 13.8 Å². The van der Waals surface area contributed by atoms with Crippen LogP contribution < -0.4 is 11.1 Å². The number of nitrogens with two attached hydrogens (primary N) is 1. The van der Waals surface area contributed by atoms with E-state index in [0.29, 0.717) is 0 Å². The van der Waals surface area contributed by atoms with Gasteiger partial charge in [0.1, 0.15) is 11.6 Å². The first-order valence-corrected chi connectivity index (χ1v) is 6.01. The summed E-state index contributed by atoms with van der Waals surface area (Å²) in [5, 5.41) is 2.35. The molecule has 104 valence electrons. The molecule has 1 amide bonds. The van der Waals surface area contributed by atoms with Gasteiger partial charge < -0.3 is 11.1 Å². The van der Waals surface area contributed by atoms with Crippen LogP contribution >= 0.6 is 0 Å². The molecule has 0 heterocycles. The van der Waals surface area contributed by atoms with Gasteiger partial charge in [0, 0.05) is 5.69 Å². The molecule has 3 nitrogen and oxygen atoms in total. The Morgan fingerprint density at radius 3 is 2.55 bits per heavy atom. The van der Waals surface area contributed by atoms with Crippen molar-refractivity contribution in [1.29, 1.82) is 0 Å². The molecule has 0 aliphatic heterocycles. The topological polar surface area (TPSA) is 55.1 Å². The van der Waals surface area contributed by atoms with Crippen molar-refractivity contribution in [3.05, 3.63) is 58.7 Å². The van der Waals surface area contributed by atoms with Crippen LogP contribution in [0.2, 0.25) is 0 Å². The van der Waals surface area contributed by atoms with Crippen LogP contribution in [0.5, 0.6) is 0 Å². The summed E-state index contributed by atoms with van der Waals surface area (Å²) < 4.78 is 27.5. The van der Waals surface area contributed by atoms with Crippen LogP contribution in [0.3, 0.4) is 0 Å². The Labute approximate surface area is 115 Å². The molecule has 0 saturated carbocycles. The lowest BCUT2D eigenvalue weighted by Crippen LogP contribution is -2.16. The van der Waals surface area contributed by atoms with E-state index < -0.39 is 17.5 Å². The molecule has 0 fully saturated rings. The Morgan fingerprint density at radius 2 is 1.85 bits per heavy atom. The number of anilines is 2. The monoisotopic (exact) mass is 276 g/mol. The zero-order valence-corrected chi connectivity index (χ0v) is 11.1. The van der Waals surface area contributed by atoms with Gasteiger partial charge in [-0.1, -0.05) is 6.07 Å². The van der Waals surface area contributed by atoms with Crippen molar-refractivity contribution in [3.63, 3.8) is 0 Å². The number of amides is 1. The number of rotatable bonds is 2. The molecule has 20 heavy (non-hydrogen) atoms. The van der Waals surface area contributed by atoms with Gasteiger partial charge in [0.25, 0.3) is 5.91 Å². The van der Waals surface area contributed by atoms with Crippen LogP contribution in [-0.2, 0) is 0 Å². The number of carbonyl (C=O) groups excluding carboxylic acids is 1. The predicted molar refractivity (Wildman–Crippen MR) is 74.6 cm³/mol. The normalized spacial score (nSPS) is 10.4. The maximum Gasteiger partial charge on any atom is 0.258 e. The molecule has 0 aliphatic carbocycles. The number of halogens is 2. The van der Waals surface area contributed by atoms with Crippen LogP contribution in [0, 0.1) is 25.5 Å². The van der Waals surface area contributed by atoms with E-state index in [1.54, 1.807) is 13.0 Å². The number of nitrogens with one attached hydrogen (secondary N) is 1. The summed E-state index contributed by atoms with van der Waals surface area (Å²) in [5.41, 5.74) is 6.72. The zero-order chi connectivity index (χ0) is 14.9. The lowest BCUT2D eigenvalue weighted by Gasteiger charge is -2.10. The summed E-state index contributed by atoms with van der Waals surface area (Å²) >= 11 is 0. The third-order valence-corrected chi connectivity index (χ3v) is 2.89. The van der Waals surface area contributed by atoms with Gasteiger partial charge in [-0.15, -0.1) is 0 Å². The van der Waals surface area contributed by atoms with E-state index in [0.717, 1.165) is 5.56 Å². The highest BCUT2D eigenvalue weighted by Gasteiger charge is 2.16. The van der Waals surface area contributed by atoms with Crippen LogP contribution in [-0.4, -0.2) is 5.91 Å². The average Bonchev–Trinajstić information content (AvgIpc) is 2.38. The summed E-state index contributed by atoms with van der Waals surface area (Å²) in [5.74, 6) is -1.97. The number of hydrogen-bond donors (Lipinski definition) is 2. The first-order valence-electron chi connectivity index (χ1n) is 6.01. The Morgan fingerprint density at radius 1 is 1.15 bits per heavy atom. The molecule has 0 unspecified atom stereocenters. The highest BCUT2D eigenvalue weighted by molar-refractivity contribution is 6.05. The molecule has 5 heteroatoms. The first kappa shape index (κ1) is 14.0. The second kappa shape index (κ2) is 5.28. The summed E-state index contributed by atoms with van der Waals surface area (Å²) in [6.45, 7) is 3.27. The molecule has 0 bridgehead atoms. The van der Waals surface area contributed by atoms with Gasteiger partial charge in [-0.25, -0.2) is 8.78 Å². The fourth-order valence-electron chi connectivity index (χ4n) is 1.89. The number of carbonyl (C=O) groups is 1. The van der Waals surface area contributed by atoms with Crippen molar-refractivity contribution in [3.8, 4) is 0 Å². The number of aryl methyl sites for hydroxylation is 2. The molecule has 0 atom stereocenters. The molecule has 2 aromatic carbocycles. The number of hydrogen-bond acceptors (Lipinski definition) is 2. The summed E-state index contributed by atoms with van der Waals surface area (Å²) in [4.78, 5) is 12.0. The van der Waals surface area contributed by atoms with Gasteiger partial charge in [-0.3, -0.25) is 4.79 Å². The number of nitrogen functional groups attached to an aromatic ring is 1. The largest absolute Gasteiger partial charge is 0.399 e. The van der Waals surface area contributed by atoms with Gasteiger partial charge >= 0.3 is 0 Å². The predicted octanol–water partition coefficient (Wildman–Crippen LogP) is 3.42. The lowest BCUT2D eigenvalue weighted by atomic mass is 10.1. The molecule has 3 N–H and O–H groups in total. The quantitative estimate of drug-likeness (QED) is 0.826. The molecule has 2 aromatic rings. The molecule has 0 radical (unpaired) electrons. The van der Waals surface area contributed by atoms with E-state index in [2.05, 4.69) is 5.32 Å². The standard InChI is InChI=1S/C15H14F2N2O/c1-8-3-4-12(16)13(5-8)19-15(20)11-7-10(18)6-9(2)14(11)17/h3-7H,18H2,1-2H3,(H,19,20). The SMILES string of the molecule is Cc1ccc(F)c(NC(=O)c2cc(N)cc(C)c2F)c1. The first-order chi connectivity index (χ1) is 9.38. The molecule has 0 spiro atoms. The lowest BCUT2D eigenvalue weighted by molar-refractivity contribution is 0.102. The minimum atomic E-state index is -0.734. The van der Waals surface area contributed by atoms with Gasteiger partial charge in [-0.2, -0.15) is 0 Å². The van der Waals surface area contributed by atoms with E-state index in [4.69, 9.17) is 5.73 Å². The maximum absolute atomic E-state index is 13.9. The van der Waals surface area contributed by atoms with Crippen molar-refractivity contribution < 1.29 is 13.6 Å². The molecule has 0 aromatic heterocycles. The molecular weight excluding hydrogens is 262 g/mol. The smallest absolute Gasteiger partial charge is 0.258 e. The van der Waals surface area contributed by atoms with Gasteiger partial charge in [0.05, 0.1) is 11.3 Å². The van der Waals surface area contributed by atoms with Gasteiger partial charge in [0.2, 0.25) is 0 Å². The van der Waals surface area contributed by atoms with E-state index in [-0.39, 0.29) is 22.5 Å². The maximum atomic E-state index is 13.9. The second-order valence-electron chi connectivity index (χ2n) is 4.64. The van der Waals surface area contributed by atoms with E-state index in [1.165, 1.54) is 31.2 Å². The highest BCUT2D eigenvalue weighted by atomic mass is 19.1. The fraction of sp³-hybridized carbons (Fsp3) is 0.133. The van der Waals surface area contributed by atoms with Crippen molar-refractivity contribution in [2.75, 3.05) is 11.1 Å². The third-order valence-electron chi connectivity index (χ3n) is 2.89. The zero-order valence-electron chi connectivity index (χ0n) is 11.1. The van der Waals surface area contributed by atoms with E-state index in [1.807, 2.05) is 0 Å². The fourth-order valence-corrected chi connectivity index (χ4v) is 1.89. The Hall–Kier alpha value is -2.43. The average molecular weight is 276 g/mol. The summed E-state index contributed by atoms with van der Waals surface area (Å²) in [6.07, 6.45) is 0. The van der Waals surface area contributed by atoms with Crippen molar-refractivity contribution in [1.82, 2.24) is 0 Å². The van der Waals surface area contributed by atoms with Crippen molar-refractivity contribution >= 4 is 17.3 Å². The summed E-state index contributed by atoms with van der Waals surface area (Å²) in [6, 6.07) is 6.96. The van der Waals surface area contributed by atoms with E-state index in [9.17, 15) is 13.6 Å². The molecule has 2 rings (SSSR count). The highest BCUT2D eigenvalue weighted by Crippen LogP contribution is 2.20. The summed E-state index contributed by atoms with van der Waals surface area (Å²) in [7, 11) is 0. The van der Waals surface area contributed by atoms with Gasteiger partial charge in [0.15, 0.2) is 0 Å². The van der Waals surface area contributed by atoms with Gasteiger partial charge in [-0.05, 0) is 49.2 Å². The van der Waals surface area contributed by atoms with E-state index >= 15 is 0 Å². The molecular formula is C15H14F2N2O. The molecule has 0 aliphatic rings. The second-order valence-corrected chi connectivity index (χ2v) is 4.64.